The maximum absolute atomic E-state index is 13.2. The quantitative estimate of drug-likeness (QED) is 0.356. The highest BCUT2D eigenvalue weighted by Gasteiger charge is 2.58. The van der Waals surface area contributed by atoms with E-state index in [9.17, 15) is 4.79 Å². The number of allylic oxidation sites excluding steroid dienone is 2. The average molecular weight is 449 g/mol. The second kappa shape index (κ2) is 8.99. The largest absolute Gasteiger partial charge is 0.469 e. The highest BCUT2D eigenvalue weighted by atomic mass is 28.4. The zero-order valence-electron chi connectivity index (χ0n) is 19.8. The Morgan fingerprint density at radius 1 is 0.969 bits per heavy atom. The van der Waals surface area contributed by atoms with Crippen molar-refractivity contribution in [1.82, 2.24) is 0 Å². The minimum Gasteiger partial charge on any atom is -0.469 e. The smallest absolute Gasteiger partial charge is 0.312 e. The van der Waals surface area contributed by atoms with E-state index in [2.05, 4.69) is 93.6 Å². The molecule has 2 aliphatic rings. The summed E-state index contributed by atoms with van der Waals surface area (Å²) in [6, 6.07) is 21.4. The molecule has 0 aliphatic heterocycles. The van der Waals surface area contributed by atoms with E-state index >= 15 is 0 Å². The molecule has 1 spiro atoms. The first-order chi connectivity index (χ1) is 15.3. The molecule has 0 saturated heterocycles. The molecule has 3 atom stereocenters. The number of rotatable bonds is 5. The molecule has 3 nitrogen and oxygen atoms in total. The number of hydrogen-bond acceptors (Lipinski definition) is 3. The first-order valence-electron chi connectivity index (χ1n) is 11.9. The molecular weight excluding hydrogens is 412 g/mol. The molecule has 0 aromatic heterocycles. The monoisotopic (exact) mass is 448 g/mol. The first kappa shape index (κ1) is 23.0. The zero-order valence-corrected chi connectivity index (χ0v) is 20.8. The predicted molar refractivity (Wildman–Crippen MR) is 133 cm³/mol. The average Bonchev–Trinajstić information content (AvgIpc) is 3.14. The van der Waals surface area contributed by atoms with E-state index < -0.39 is 8.32 Å². The number of ether oxygens (including phenoxy) is 1. The van der Waals surface area contributed by atoms with Gasteiger partial charge in [-0.25, -0.2) is 0 Å². The Bertz CT molecular complexity index is 908. The maximum atomic E-state index is 13.2. The molecular formula is C28H36O3Si. The van der Waals surface area contributed by atoms with Crippen molar-refractivity contribution in [1.29, 1.82) is 0 Å². The van der Waals surface area contributed by atoms with Gasteiger partial charge < -0.3 is 9.16 Å². The summed E-state index contributed by atoms with van der Waals surface area (Å²) in [6.07, 6.45) is 9.50. The number of benzene rings is 2. The zero-order chi connectivity index (χ0) is 22.8. The highest BCUT2D eigenvalue weighted by molar-refractivity contribution is 6.99. The molecule has 0 radical (unpaired) electrons. The third-order valence-electron chi connectivity index (χ3n) is 7.55. The van der Waals surface area contributed by atoms with Crippen molar-refractivity contribution in [2.75, 3.05) is 7.11 Å². The van der Waals surface area contributed by atoms with E-state index in [1.54, 1.807) is 0 Å². The summed E-state index contributed by atoms with van der Waals surface area (Å²) in [5, 5.41) is 2.39. The van der Waals surface area contributed by atoms with Gasteiger partial charge in [0.15, 0.2) is 0 Å². The molecule has 170 valence electrons. The lowest BCUT2D eigenvalue weighted by molar-refractivity contribution is -0.151. The standard InChI is InChI=1S/C28H36O3Si/c1-27(2,3)32(22-14-8-5-9-15-22,23-16-10-6-11-17-23)31-24-18-21-28(19-12-7-13-20-28)25(24)26(29)30-4/h5-6,8-12,14-17,19,24-25H,7,13,18,20-21H2,1-4H3/t24-,25?,28+/m1/s1. The molecule has 1 fully saturated rings. The van der Waals surface area contributed by atoms with Gasteiger partial charge in [-0.3, -0.25) is 4.79 Å². The van der Waals surface area contributed by atoms with Crippen LogP contribution in [0, 0.1) is 11.3 Å². The van der Waals surface area contributed by atoms with Crippen molar-refractivity contribution in [3.63, 3.8) is 0 Å². The summed E-state index contributed by atoms with van der Waals surface area (Å²) in [5.74, 6) is -0.386. The van der Waals surface area contributed by atoms with Crippen molar-refractivity contribution in [3.05, 3.63) is 72.8 Å². The molecule has 1 unspecified atom stereocenters. The van der Waals surface area contributed by atoms with E-state index in [1.165, 1.54) is 17.5 Å². The number of esters is 1. The SMILES string of the molecule is COC(=O)C1[C@H](O[Si](c2ccccc2)(c2ccccc2)C(C)(C)C)CC[C@@]12C=CCCC2. The number of carbonyl (C=O) groups is 1. The Labute approximate surface area is 194 Å². The van der Waals surface area contributed by atoms with Gasteiger partial charge in [-0.05, 0) is 47.5 Å². The van der Waals surface area contributed by atoms with Gasteiger partial charge in [0.25, 0.3) is 8.32 Å². The summed E-state index contributed by atoms with van der Waals surface area (Å²) in [7, 11) is -1.21. The van der Waals surface area contributed by atoms with Crippen LogP contribution in [0.5, 0.6) is 0 Å². The molecule has 2 aliphatic carbocycles. The van der Waals surface area contributed by atoms with E-state index in [4.69, 9.17) is 9.16 Å². The van der Waals surface area contributed by atoms with Crippen molar-refractivity contribution in [3.8, 4) is 0 Å². The van der Waals surface area contributed by atoms with Crippen LogP contribution in [-0.2, 0) is 14.0 Å². The minimum absolute atomic E-state index is 0.117. The van der Waals surface area contributed by atoms with Gasteiger partial charge in [0.2, 0.25) is 0 Å². The van der Waals surface area contributed by atoms with E-state index in [1.807, 2.05) is 0 Å². The highest BCUT2D eigenvalue weighted by Crippen LogP contribution is 2.53. The Kier molecular flexibility index (Phi) is 6.46. The van der Waals surface area contributed by atoms with Crippen LogP contribution in [-0.4, -0.2) is 27.5 Å². The predicted octanol–water partition coefficient (Wildman–Crippen LogP) is 5.24. The Morgan fingerprint density at radius 3 is 2.03 bits per heavy atom. The van der Waals surface area contributed by atoms with Crippen LogP contribution in [0.25, 0.3) is 0 Å². The summed E-state index contributed by atoms with van der Waals surface area (Å²) in [5.41, 5.74) is -0.137. The number of hydrogen-bond donors (Lipinski definition) is 0. The second-order valence-electron chi connectivity index (χ2n) is 10.4. The molecule has 0 bridgehead atoms. The van der Waals surface area contributed by atoms with Crippen molar-refractivity contribution in [2.24, 2.45) is 11.3 Å². The molecule has 2 aromatic rings. The molecule has 0 N–H and O–H groups in total. The lowest BCUT2D eigenvalue weighted by Gasteiger charge is -2.46. The van der Waals surface area contributed by atoms with Crippen LogP contribution in [0.15, 0.2) is 72.8 Å². The maximum Gasteiger partial charge on any atom is 0.312 e. The van der Waals surface area contributed by atoms with Crippen molar-refractivity contribution in [2.45, 2.75) is 64.0 Å². The van der Waals surface area contributed by atoms with E-state index in [0.29, 0.717) is 0 Å². The van der Waals surface area contributed by atoms with Crippen LogP contribution in [0.4, 0.5) is 0 Å². The summed E-state index contributed by atoms with van der Waals surface area (Å²) in [4.78, 5) is 13.2. The molecule has 0 heterocycles. The van der Waals surface area contributed by atoms with E-state index in [0.717, 1.165) is 32.1 Å². The molecule has 2 aromatic carbocycles. The van der Waals surface area contributed by atoms with Gasteiger partial charge in [0.05, 0.1) is 19.1 Å². The fourth-order valence-electron chi connectivity index (χ4n) is 6.08. The van der Waals surface area contributed by atoms with Crippen LogP contribution in [0.2, 0.25) is 5.04 Å². The van der Waals surface area contributed by atoms with E-state index in [-0.39, 0.29) is 28.4 Å². The van der Waals surface area contributed by atoms with Gasteiger partial charge in [-0.15, -0.1) is 0 Å². The Hall–Kier alpha value is -2.17. The fourth-order valence-corrected chi connectivity index (χ4v) is 10.8. The lowest BCUT2D eigenvalue weighted by atomic mass is 9.71. The van der Waals surface area contributed by atoms with Gasteiger partial charge in [0.1, 0.15) is 0 Å². The molecule has 1 saturated carbocycles. The first-order valence-corrected chi connectivity index (χ1v) is 13.8. The molecule has 4 heteroatoms. The minimum atomic E-state index is -2.73. The van der Waals surface area contributed by atoms with Crippen LogP contribution in [0.1, 0.15) is 52.9 Å². The normalized spacial score (nSPS) is 25.8. The van der Waals surface area contributed by atoms with Crippen LogP contribution in [0.3, 0.4) is 0 Å². The summed E-state index contributed by atoms with van der Waals surface area (Å²) in [6.45, 7) is 6.87. The molecule has 32 heavy (non-hydrogen) atoms. The van der Waals surface area contributed by atoms with Crippen LogP contribution < -0.4 is 10.4 Å². The summed E-state index contributed by atoms with van der Waals surface area (Å²) < 4.78 is 12.8. The van der Waals surface area contributed by atoms with Crippen molar-refractivity contribution >= 4 is 24.7 Å². The fraction of sp³-hybridized carbons (Fsp3) is 0.464. The van der Waals surface area contributed by atoms with Crippen LogP contribution >= 0.6 is 0 Å². The lowest BCUT2D eigenvalue weighted by Crippen LogP contribution is -2.68. The molecule has 4 rings (SSSR count). The number of methoxy groups -OCH3 is 1. The van der Waals surface area contributed by atoms with Gasteiger partial charge in [0, 0.05) is 5.41 Å². The Balaban J connectivity index is 1.85. The summed E-state index contributed by atoms with van der Waals surface area (Å²) >= 11 is 0. The second-order valence-corrected chi connectivity index (χ2v) is 14.6. The number of carbonyl (C=O) groups excluding carboxylic acids is 1. The topological polar surface area (TPSA) is 35.5 Å². The van der Waals surface area contributed by atoms with Gasteiger partial charge in [-0.1, -0.05) is 93.6 Å². The third-order valence-corrected chi connectivity index (χ3v) is 12.6. The van der Waals surface area contributed by atoms with Gasteiger partial charge in [-0.2, -0.15) is 0 Å². The third kappa shape index (κ3) is 3.88. The Morgan fingerprint density at radius 2 is 1.56 bits per heavy atom. The van der Waals surface area contributed by atoms with Crippen molar-refractivity contribution < 1.29 is 14.0 Å². The molecule has 0 amide bonds. The van der Waals surface area contributed by atoms with Gasteiger partial charge >= 0.3 is 5.97 Å².